The molecule has 0 bridgehead atoms. The zero-order chi connectivity index (χ0) is 35.7. The lowest BCUT2D eigenvalue weighted by Gasteiger charge is -2.38. The summed E-state index contributed by atoms with van der Waals surface area (Å²) in [6.07, 6.45) is 4.87. The number of imidazole rings is 1. The summed E-state index contributed by atoms with van der Waals surface area (Å²) in [6.45, 7) is 6.06. The quantitative estimate of drug-likeness (QED) is 0.252. The molecule has 2 aromatic heterocycles. The molecule has 2 saturated heterocycles. The van der Waals surface area contributed by atoms with Crippen molar-refractivity contribution in [3.63, 3.8) is 0 Å². The molecule has 12 nitrogen and oxygen atoms in total. The van der Waals surface area contributed by atoms with Gasteiger partial charge in [-0.05, 0) is 31.2 Å². The highest BCUT2D eigenvalue weighted by molar-refractivity contribution is 6.34. The summed E-state index contributed by atoms with van der Waals surface area (Å²) in [6, 6.07) is 7.61. The number of quaternary nitrogens is 1. The Bertz CT molecular complexity index is 1950. The molecule has 2 aromatic carbocycles. The Morgan fingerprint density at radius 3 is 2.30 bits per heavy atom. The van der Waals surface area contributed by atoms with Crippen molar-refractivity contribution in [2.45, 2.75) is 26.3 Å². The van der Waals surface area contributed by atoms with Gasteiger partial charge < -0.3 is 19.5 Å². The van der Waals surface area contributed by atoms with Crippen LogP contribution in [-0.4, -0.2) is 111 Å². The Labute approximate surface area is 293 Å². The number of methoxy groups -OCH3 is 1. The van der Waals surface area contributed by atoms with Crippen molar-refractivity contribution < 1.29 is 32.4 Å². The van der Waals surface area contributed by atoms with E-state index in [1.165, 1.54) is 42.2 Å². The van der Waals surface area contributed by atoms with Crippen LogP contribution in [0.4, 0.5) is 19.3 Å². The van der Waals surface area contributed by atoms with Gasteiger partial charge in [-0.3, -0.25) is 19.2 Å². The molecule has 4 amide bonds. The van der Waals surface area contributed by atoms with Crippen LogP contribution in [0.3, 0.4) is 0 Å². The normalized spacial score (nSPS) is 15.8. The molecule has 0 radical (unpaired) electrons. The van der Waals surface area contributed by atoms with Crippen LogP contribution in [0.15, 0.2) is 42.7 Å². The molecular formula is C35H40ClF2N8O4+. The number of carbonyl (C=O) groups is 3. The molecule has 6 rings (SSSR count). The lowest BCUT2D eigenvalue weighted by atomic mass is 10.0. The first kappa shape index (κ1) is 35.2. The van der Waals surface area contributed by atoms with Crippen molar-refractivity contribution in [2.24, 2.45) is 7.05 Å². The number of hydrogen-bond acceptors (Lipinski definition) is 6. The van der Waals surface area contributed by atoms with Crippen LogP contribution in [0.5, 0.6) is 0 Å². The van der Waals surface area contributed by atoms with E-state index in [0.29, 0.717) is 60.8 Å². The van der Waals surface area contributed by atoms with E-state index in [1.807, 2.05) is 11.9 Å². The third-order valence-corrected chi connectivity index (χ3v) is 10.1. The van der Waals surface area contributed by atoms with Gasteiger partial charge in [0.1, 0.15) is 0 Å². The summed E-state index contributed by atoms with van der Waals surface area (Å²) >= 11 is 6.52. The molecule has 0 saturated carbocycles. The van der Waals surface area contributed by atoms with E-state index in [-0.39, 0.29) is 45.2 Å². The minimum absolute atomic E-state index is 0.0482. The number of urea groups is 1. The highest BCUT2D eigenvalue weighted by atomic mass is 35.5. The second kappa shape index (κ2) is 14.3. The molecule has 50 heavy (non-hydrogen) atoms. The Morgan fingerprint density at radius 2 is 1.62 bits per heavy atom. The van der Waals surface area contributed by atoms with Gasteiger partial charge in [-0.15, -0.1) is 0 Å². The number of nitrogens with zero attached hydrogens (tertiary/aromatic N) is 7. The molecule has 4 heterocycles. The summed E-state index contributed by atoms with van der Waals surface area (Å²) in [5.74, 6) is -3.04. The number of ether oxygens (including phenoxy) is 1. The number of nitrogens with one attached hydrogen (secondary N) is 1. The van der Waals surface area contributed by atoms with Crippen LogP contribution in [0.1, 0.15) is 39.5 Å². The summed E-state index contributed by atoms with van der Waals surface area (Å²) in [7, 11) is 5.08. The number of carbonyl (C=O) groups excluding carboxylic acids is 3. The van der Waals surface area contributed by atoms with Gasteiger partial charge in [0.05, 0.1) is 62.0 Å². The predicted octanol–water partition coefficient (Wildman–Crippen LogP) is 5.21. The molecule has 0 spiro atoms. The first-order valence-corrected chi connectivity index (χ1v) is 16.9. The van der Waals surface area contributed by atoms with Crippen LogP contribution in [0.2, 0.25) is 5.02 Å². The lowest BCUT2D eigenvalue weighted by Crippen LogP contribution is -2.59. The number of halogens is 3. The van der Waals surface area contributed by atoms with E-state index in [2.05, 4.69) is 15.4 Å². The van der Waals surface area contributed by atoms with Gasteiger partial charge >= 0.3 is 6.03 Å². The number of piperazine rings is 1. The van der Waals surface area contributed by atoms with E-state index >= 15 is 8.78 Å². The molecular weight excluding hydrogens is 670 g/mol. The van der Waals surface area contributed by atoms with E-state index in [9.17, 15) is 14.4 Å². The third kappa shape index (κ3) is 6.62. The Morgan fingerprint density at radius 1 is 0.960 bits per heavy atom. The summed E-state index contributed by atoms with van der Waals surface area (Å²) in [4.78, 5) is 47.3. The van der Waals surface area contributed by atoms with Gasteiger partial charge in [0.2, 0.25) is 0 Å². The van der Waals surface area contributed by atoms with E-state index < -0.39 is 17.5 Å². The lowest BCUT2D eigenvalue weighted by molar-refractivity contribution is -0.820. The van der Waals surface area contributed by atoms with E-state index in [1.54, 1.807) is 35.7 Å². The number of hydrogen-bond donors (Lipinski definition) is 1. The van der Waals surface area contributed by atoms with Crippen LogP contribution in [-0.2, 0) is 18.3 Å². The monoisotopic (exact) mass is 709 g/mol. The highest BCUT2D eigenvalue weighted by Crippen LogP contribution is 2.33. The molecule has 264 valence electrons. The van der Waals surface area contributed by atoms with Crippen LogP contribution in [0, 0.1) is 18.6 Å². The average molecular weight is 710 g/mol. The van der Waals surface area contributed by atoms with Crippen LogP contribution >= 0.6 is 11.6 Å². The zero-order valence-electron chi connectivity index (χ0n) is 28.5. The number of aromatic nitrogens is 4. The molecule has 0 unspecified atom stereocenters. The van der Waals surface area contributed by atoms with Crippen molar-refractivity contribution in [1.29, 1.82) is 0 Å². The molecule has 2 aliphatic rings. The maximum atomic E-state index is 15.5. The fraction of sp³-hybridized carbons (Fsp3) is 0.400. The van der Waals surface area contributed by atoms with Gasteiger partial charge in [0, 0.05) is 81.2 Å². The zero-order valence-corrected chi connectivity index (χ0v) is 29.3. The van der Waals surface area contributed by atoms with Gasteiger partial charge in [-0.25, -0.2) is 23.0 Å². The van der Waals surface area contributed by atoms with Gasteiger partial charge in [0.25, 0.3) is 11.8 Å². The van der Waals surface area contributed by atoms with Gasteiger partial charge in [0.15, 0.2) is 17.5 Å². The first-order valence-electron chi connectivity index (χ1n) is 16.5. The molecule has 0 atom stereocenters. The van der Waals surface area contributed by atoms with Crippen LogP contribution in [0.25, 0.3) is 22.4 Å². The van der Waals surface area contributed by atoms with Gasteiger partial charge in [-0.2, -0.15) is 5.10 Å². The summed E-state index contributed by atoms with van der Waals surface area (Å²) in [5.41, 5.74) is 1.93. The second-order valence-corrected chi connectivity index (χ2v) is 13.3. The molecule has 2 fully saturated rings. The Hall–Kier alpha value is -4.66. The van der Waals surface area contributed by atoms with E-state index in [0.717, 1.165) is 25.9 Å². The highest BCUT2D eigenvalue weighted by Gasteiger charge is 2.40. The minimum atomic E-state index is -1.08. The maximum Gasteiger partial charge on any atom is 0.419 e. The second-order valence-electron chi connectivity index (χ2n) is 12.9. The third-order valence-electron chi connectivity index (χ3n) is 9.76. The SMILES string of the molecule is COCCn1ncc(-c2ccc(-c3cnc(C(=O)Nc4ccc(C(=O)N5CCN(C(=O)[N+]6(C)CCCC6)CC5)c(Cl)c4)n3C)c(F)c2F)c1C. The van der Waals surface area contributed by atoms with Crippen molar-refractivity contribution >= 4 is 35.1 Å². The fourth-order valence-electron chi connectivity index (χ4n) is 6.73. The first-order chi connectivity index (χ1) is 23.9. The molecule has 2 aliphatic heterocycles. The van der Waals surface area contributed by atoms with Gasteiger partial charge in [-0.1, -0.05) is 17.7 Å². The number of benzene rings is 2. The fourth-order valence-corrected chi connectivity index (χ4v) is 6.99. The topological polar surface area (TPSA) is 115 Å². The van der Waals surface area contributed by atoms with Crippen molar-refractivity contribution in [2.75, 3.05) is 65.3 Å². The largest absolute Gasteiger partial charge is 0.419 e. The minimum Gasteiger partial charge on any atom is -0.383 e. The molecule has 4 aromatic rings. The smallest absolute Gasteiger partial charge is 0.383 e. The summed E-state index contributed by atoms with van der Waals surface area (Å²) in [5, 5.41) is 7.13. The van der Waals surface area contributed by atoms with E-state index in [4.69, 9.17) is 16.3 Å². The molecule has 0 aliphatic carbocycles. The average Bonchev–Trinajstić information content (AvgIpc) is 3.83. The van der Waals surface area contributed by atoms with Crippen LogP contribution < -0.4 is 5.32 Å². The number of likely N-dealkylation sites (tertiary alicyclic amines) is 1. The van der Waals surface area contributed by atoms with Crippen molar-refractivity contribution in [3.8, 4) is 22.4 Å². The summed E-state index contributed by atoms with van der Waals surface area (Å²) < 4.78 is 39.5. The number of rotatable bonds is 8. The number of amides is 4. The molecule has 15 heteroatoms. The van der Waals surface area contributed by atoms with Crippen molar-refractivity contribution in [3.05, 3.63) is 76.5 Å². The standard InChI is InChI=1S/C35H39ClF2N8O4/c1-22-27(20-40-45(22)15-18-50-4)24-9-10-26(31(38)30(24)37)29-21-39-32(42(29)2)33(47)41-23-7-8-25(28(36)19-23)34(48)43-11-13-44(14-12-43)35(49)46(3)16-5-6-17-46/h7-10,19-21H,5-6,11-18H2,1-4H3/p+1. The number of anilines is 1. The Balaban J connectivity index is 1.11. The predicted molar refractivity (Wildman–Crippen MR) is 184 cm³/mol. The maximum absolute atomic E-state index is 15.5. The Kier molecular flexibility index (Phi) is 10.1. The van der Waals surface area contributed by atoms with Crippen molar-refractivity contribution in [1.82, 2.24) is 29.1 Å². The molecule has 1 N–H and O–H groups in total.